The molecule has 1 aliphatic carbocycles. The number of carboxylic acids is 2. The predicted molar refractivity (Wildman–Crippen MR) is 207 cm³/mol. The Morgan fingerprint density at radius 2 is 1.04 bits per heavy atom. The van der Waals surface area contributed by atoms with Crippen LogP contribution in [0.4, 0.5) is 21.0 Å². The number of carbonyl (C=O) groups is 7. The molecule has 4 aromatic rings. The van der Waals surface area contributed by atoms with Crippen molar-refractivity contribution in [2.24, 2.45) is 0 Å². The largest absolute Gasteiger partial charge is 0.479 e. The summed E-state index contributed by atoms with van der Waals surface area (Å²) in [6.45, 7) is 10.1. The molecule has 3 aromatic carbocycles. The van der Waals surface area contributed by atoms with Crippen molar-refractivity contribution in [1.29, 1.82) is 0 Å². The van der Waals surface area contributed by atoms with Crippen LogP contribution in [0.25, 0.3) is 0 Å². The molecule has 0 spiro atoms. The molecular weight excluding hydrogens is 761 g/mol. The average Bonchev–Trinajstić information content (AvgIpc) is 3.38. The lowest BCUT2D eigenvalue weighted by molar-refractivity contribution is -0.147. The van der Waals surface area contributed by atoms with Crippen molar-refractivity contribution in [3.63, 3.8) is 0 Å². The molecule has 5 rings (SSSR count). The predicted octanol–water partition coefficient (Wildman–Crippen LogP) is 6.27. The molecular formula is C40H40N4O12S. The second-order valence-corrected chi connectivity index (χ2v) is 15.9. The minimum absolute atomic E-state index is 0.0603. The number of ether oxygens (including phenoxy) is 3. The third kappa shape index (κ3) is 9.21. The Balaban J connectivity index is 1.47. The van der Waals surface area contributed by atoms with E-state index in [1.807, 2.05) is 0 Å². The van der Waals surface area contributed by atoms with Crippen LogP contribution >= 0.6 is 11.3 Å². The second kappa shape index (κ2) is 15.8. The van der Waals surface area contributed by atoms with Gasteiger partial charge in [-0.3, -0.25) is 20.2 Å². The highest BCUT2D eigenvalue weighted by Gasteiger charge is 2.88. The van der Waals surface area contributed by atoms with E-state index in [-0.39, 0.29) is 33.8 Å². The number of amides is 4. The highest BCUT2D eigenvalue weighted by molar-refractivity contribution is 7.12. The van der Waals surface area contributed by atoms with Gasteiger partial charge in [0.1, 0.15) is 21.8 Å². The first-order valence-electron chi connectivity index (χ1n) is 17.3. The normalized spacial score (nSPS) is 18.6. The summed E-state index contributed by atoms with van der Waals surface area (Å²) in [5.74, 6) is -7.79. The third-order valence-corrected chi connectivity index (χ3v) is 9.28. The molecule has 0 saturated heterocycles. The maximum Gasteiger partial charge on any atom is 0.412 e. The first-order chi connectivity index (χ1) is 26.6. The number of benzene rings is 3. The molecule has 298 valence electrons. The zero-order valence-corrected chi connectivity index (χ0v) is 32.4. The number of nitrogens with one attached hydrogen (secondary N) is 4. The van der Waals surface area contributed by atoms with E-state index in [9.17, 15) is 43.8 Å². The molecule has 0 aliphatic heterocycles. The number of carboxylic acid groups (broad SMARTS) is 2. The Hall–Kier alpha value is -6.75. The quantitative estimate of drug-likeness (QED) is 0.0728. The van der Waals surface area contributed by atoms with Gasteiger partial charge in [0.05, 0.1) is 5.92 Å². The summed E-state index contributed by atoms with van der Waals surface area (Å²) in [4.78, 5) is 91.6. The molecule has 1 heterocycles. The van der Waals surface area contributed by atoms with Crippen LogP contribution in [0.2, 0.25) is 0 Å². The van der Waals surface area contributed by atoms with Crippen LogP contribution in [0.5, 0.6) is 5.75 Å². The molecule has 0 bridgehead atoms. The zero-order chi connectivity index (χ0) is 41.9. The highest BCUT2D eigenvalue weighted by Crippen LogP contribution is 2.61. The Bertz CT molecular complexity index is 2080. The van der Waals surface area contributed by atoms with E-state index in [0.717, 1.165) is 11.3 Å². The van der Waals surface area contributed by atoms with Crippen molar-refractivity contribution < 1.29 is 58.0 Å². The summed E-state index contributed by atoms with van der Waals surface area (Å²) in [5.41, 5.74) is -6.56. The molecule has 4 amide bonds. The van der Waals surface area contributed by atoms with E-state index in [1.54, 1.807) is 59.1 Å². The van der Waals surface area contributed by atoms with E-state index in [2.05, 4.69) is 21.3 Å². The van der Waals surface area contributed by atoms with Crippen molar-refractivity contribution >= 4 is 64.6 Å². The standard InChI is InChI=1S/C40H40N4O12S/c1-37(2,3)55-35(52)41-25-15-9-23(10-16-25)30(45)43-39(33(48)49)29(22-13-19-27(20-14-22)54-32(47)28-8-7-21-57-28)40(39,34(50)51)44-31(46)24-11-17-26(18-12-24)42-36(53)56-38(4,5)6/h7-21,29H,1-6H3,(H,41,52)(H,42,53)(H,43,45)(H,44,46)(H,48,49)(H,50,51). The van der Waals surface area contributed by atoms with Crippen molar-refractivity contribution in [2.45, 2.75) is 69.7 Å². The lowest BCUT2D eigenvalue weighted by Crippen LogP contribution is -2.59. The number of esters is 1. The summed E-state index contributed by atoms with van der Waals surface area (Å²) in [5, 5.41) is 33.1. The number of anilines is 2. The fraction of sp³-hybridized carbons (Fsp3) is 0.275. The minimum Gasteiger partial charge on any atom is -0.479 e. The number of thiophene rings is 1. The van der Waals surface area contributed by atoms with Crippen LogP contribution in [0.15, 0.2) is 90.3 Å². The SMILES string of the molecule is CC(C)(C)OC(=O)Nc1ccc(C(=O)NC2(C(=O)O)C(c3ccc(OC(=O)c4cccs4)cc3)C2(NC(=O)c2ccc(NC(=O)OC(C)(C)C)cc2)C(=O)O)cc1. The van der Waals surface area contributed by atoms with Gasteiger partial charge in [0, 0.05) is 22.5 Å². The lowest BCUT2D eigenvalue weighted by atomic mass is 10.0. The van der Waals surface area contributed by atoms with E-state index in [1.165, 1.54) is 72.8 Å². The molecule has 17 heteroatoms. The fourth-order valence-electron chi connectivity index (χ4n) is 6.04. The Kier molecular flexibility index (Phi) is 11.5. The Labute approximate surface area is 330 Å². The van der Waals surface area contributed by atoms with Crippen LogP contribution in [-0.2, 0) is 19.1 Å². The number of rotatable bonds is 11. The summed E-state index contributed by atoms with van der Waals surface area (Å²) in [6.07, 6.45) is -1.51. The summed E-state index contributed by atoms with van der Waals surface area (Å²) in [7, 11) is 0. The highest BCUT2D eigenvalue weighted by atomic mass is 32.1. The van der Waals surface area contributed by atoms with E-state index < -0.39 is 70.1 Å². The van der Waals surface area contributed by atoms with Gasteiger partial charge in [-0.05, 0) is 119 Å². The molecule has 1 saturated carbocycles. The van der Waals surface area contributed by atoms with Gasteiger partial charge in [-0.2, -0.15) is 0 Å². The number of hydrogen-bond acceptors (Lipinski definition) is 11. The van der Waals surface area contributed by atoms with Crippen molar-refractivity contribution in [3.8, 4) is 5.75 Å². The lowest BCUT2D eigenvalue weighted by Gasteiger charge is -2.22. The monoisotopic (exact) mass is 800 g/mol. The first-order valence-corrected chi connectivity index (χ1v) is 18.2. The van der Waals surface area contributed by atoms with Gasteiger partial charge in [-0.25, -0.2) is 24.0 Å². The number of hydrogen-bond donors (Lipinski definition) is 6. The fourth-order valence-corrected chi connectivity index (χ4v) is 6.64. The Morgan fingerprint density at radius 3 is 1.39 bits per heavy atom. The van der Waals surface area contributed by atoms with E-state index in [4.69, 9.17) is 14.2 Å². The van der Waals surface area contributed by atoms with Gasteiger partial charge in [-0.15, -0.1) is 11.3 Å². The second-order valence-electron chi connectivity index (χ2n) is 14.9. The molecule has 16 nitrogen and oxygen atoms in total. The Morgan fingerprint density at radius 1 is 0.614 bits per heavy atom. The molecule has 1 fully saturated rings. The van der Waals surface area contributed by atoms with Crippen molar-refractivity contribution in [3.05, 3.63) is 112 Å². The van der Waals surface area contributed by atoms with Gasteiger partial charge in [0.2, 0.25) is 0 Å². The zero-order valence-electron chi connectivity index (χ0n) is 31.6. The van der Waals surface area contributed by atoms with Gasteiger partial charge < -0.3 is 35.1 Å². The number of carbonyl (C=O) groups excluding carboxylic acids is 5. The van der Waals surface area contributed by atoms with Gasteiger partial charge in [0.15, 0.2) is 11.1 Å². The van der Waals surface area contributed by atoms with E-state index >= 15 is 0 Å². The van der Waals surface area contributed by atoms with Crippen LogP contribution < -0.4 is 26.0 Å². The molecule has 57 heavy (non-hydrogen) atoms. The maximum absolute atomic E-state index is 13.8. The van der Waals surface area contributed by atoms with Crippen molar-refractivity contribution in [2.75, 3.05) is 10.6 Å². The van der Waals surface area contributed by atoms with Gasteiger partial charge in [0.25, 0.3) is 11.8 Å². The van der Waals surface area contributed by atoms with Crippen LogP contribution in [-0.4, -0.2) is 74.4 Å². The van der Waals surface area contributed by atoms with E-state index in [0.29, 0.717) is 4.88 Å². The molecule has 1 aromatic heterocycles. The first kappa shape index (κ1) is 41.4. The van der Waals surface area contributed by atoms with Crippen LogP contribution in [0, 0.1) is 0 Å². The van der Waals surface area contributed by atoms with Crippen molar-refractivity contribution in [1.82, 2.24) is 10.6 Å². The minimum atomic E-state index is -2.67. The number of aliphatic carboxylic acids is 2. The molecule has 1 aliphatic rings. The molecule has 6 N–H and O–H groups in total. The summed E-state index contributed by atoms with van der Waals surface area (Å²) < 4.78 is 15.9. The topological polar surface area (TPSA) is 236 Å². The summed E-state index contributed by atoms with van der Waals surface area (Å²) in [6, 6.07) is 19.1. The van der Waals surface area contributed by atoms with Crippen LogP contribution in [0.3, 0.4) is 0 Å². The molecule has 2 atom stereocenters. The van der Waals surface area contributed by atoms with Crippen LogP contribution in [0.1, 0.15) is 83.4 Å². The maximum atomic E-state index is 13.8. The smallest absolute Gasteiger partial charge is 0.412 e. The molecule has 0 radical (unpaired) electrons. The van der Waals surface area contributed by atoms with Gasteiger partial charge in [-0.1, -0.05) is 18.2 Å². The van der Waals surface area contributed by atoms with Gasteiger partial charge >= 0.3 is 30.1 Å². The summed E-state index contributed by atoms with van der Waals surface area (Å²) >= 11 is 1.16. The third-order valence-electron chi connectivity index (χ3n) is 8.43. The molecule has 2 unspecified atom stereocenters. The average molecular weight is 801 g/mol.